The number of hydrogen-bond donors (Lipinski definition) is 7. The summed E-state index contributed by atoms with van der Waals surface area (Å²) in [6.45, 7) is 34.7. The van der Waals surface area contributed by atoms with E-state index in [1.165, 1.54) is 4.90 Å². The summed E-state index contributed by atoms with van der Waals surface area (Å²) in [5, 5.41) is 77.6. The van der Waals surface area contributed by atoms with Crippen molar-refractivity contribution in [3.05, 3.63) is 0 Å². The smallest absolute Gasteiger partial charge is 0.320 e. The first-order valence-corrected chi connectivity index (χ1v) is 32.6. The molecule has 0 radical (unpaired) electrons. The molecule has 0 spiro atoms. The number of aliphatic hydroxyl groups is 7. The van der Waals surface area contributed by atoms with Crippen LogP contribution in [0.2, 0.25) is 0 Å². The Morgan fingerprint density at radius 2 is 0.478 bits per heavy atom. The first kappa shape index (κ1) is 84.3. The molecular formula is C64H123N9O19. The number of aliphatic hydroxyl groups excluding tert-OH is 7. The van der Waals surface area contributed by atoms with Crippen LogP contribution in [0.1, 0.15) is 125 Å². The molecule has 28 heteroatoms. The molecule has 2 aliphatic heterocycles. The number of β-amino-alcohol motifs (C(OH)–C–C–N with tert-alkyl or cyclic N) is 2. The van der Waals surface area contributed by atoms with Gasteiger partial charge in [0, 0.05) is 137 Å². The lowest BCUT2D eigenvalue weighted by Gasteiger charge is -2.37. The fraction of sp³-hybridized carbons (Fsp3) is 0.906. The van der Waals surface area contributed by atoms with Gasteiger partial charge in [0.1, 0.15) is 51.9 Å². The molecule has 28 nitrogen and oxygen atoms in total. The maximum absolute atomic E-state index is 13.4. The number of esters is 6. The second kappa shape index (κ2) is 38.8. The number of hydrogen-bond acceptors (Lipinski definition) is 28. The number of ether oxygens (including phenoxy) is 6. The summed E-state index contributed by atoms with van der Waals surface area (Å²) in [6, 6.07) is 0. The van der Waals surface area contributed by atoms with E-state index in [4.69, 9.17) is 28.4 Å². The minimum absolute atomic E-state index is 0.00921. The summed E-state index contributed by atoms with van der Waals surface area (Å²) >= 11 is 0. The van der Waals surface area contributed by atoms with E-state index >= 15 is 0 Å². The lowest BCUT2D eigenvalue weighted by atomic mass is 10.0. The third-order valence-electron chi connectivity index (χ3n) is 14.1. The molecule has 2 saturated heterocycles. The minimum atomic E-state index is -1.97. The van der Waals surface area contributed by atoms with E-state index in [0.717, 1.165) is 0 Å². The van der Waals surface area contributed by atoms with Crippen molar-refractivity contribution in [1.29, 1.82) is 0 Å². The van der Waals surface area contributed by atoms with Crippen molar-refractivity contribution in [1.82, 2.24) is 44.1 Å². The maximum Gasteiger partial charge on any atom is 0.320 e. The Bertz CT molecular complexity index is 1980. The largest absolute Gasteiger partial charge is 0.459 e. The molecule has 92 heavy (non-hydrogen) atoms. The molecule has 6 atom stereocenters. The Morgan fingerprint density at radius 1 is 0.304 bits per heavy atom. The Balaban J connectivity index is 2.65. The monoisotopic (exact) mass is 1320 g/mol. The van der Waals surface area contributed by atoms with Crippen LogP contribution in [0.15, 0.2) is 0 Å². The Kier molecular flexibility index (Phi) is 35.5. The fourth-order valence-electron chi connectivity index (χ4n) is 10.3. The van der Waals surface area contributed by atoms with Crippen LogP contribution in [0.3, 0.4) is 0 Å². The number of nitrogens with zero attached hydrogens (tertiary/aromatic N) is 9. The highest BCUT2D eigenvalue weighted by molar-refractivity contribution is 5.74. The summed E-state index contributed by atoms with van der Waals surface area (Å²) < 4.78 is 34.3. The molecule has 0 aliphatic carbocycles. The summed E-state index contributed by atoms with van der Waals surface area (Å²) in [6.07, 6.45) is -9.97. The molecule has 2 fully saturated rings. The summed E-state index contributed by atoms with van der Waals surface area (Å²) in [5.74, 6) is -2.71. The summed E-state index contributed by atoms with van der Waals surface area (Å²) in [4.78, 5) is 97.1. The Labute approximate surface area is 549 Å². The average Bonchev–Trinajstić information content (AvgIpc) is 1.35. The van der Waals surface area contributed by atoms with Crippen LogP contribution in [-0.4, -0.2) is 369 Å². The molecule has 2 rings (SSSR count). The standard InChI is InChI=1S/C64H123N9O19/c1-59(2,3)87-51(79)40-67-23-19-65(20-24-68(41-52(80)88-60(4,5)6)28-32-71(31-27-67)44-55(83)91-63(13,14)15)35-47(75)37-73(39-49(77)57(85)58(86)50(78)46-74)38-48(76)36-66-21-25-69(42-53(81)89-61(7,8)9)29-33-72(45-56(84)92-64(16,17)18)34-30-70(26-22-66)43-54(82)90-62(10,11)12/h47-50,57-58,74-78,85-86H,19-46H2,1-18H3/t47?,48?,49-,50+,57+,58+/m0/s1. The van der Waals surface area contributed by atoms with Crippen LogP contribution in [-0.2, 0) is 57.2 Å². The van der Waals surface area contributed by atoms with Crippen LogP contribution in [0.25, 0.3) is 0 Å². The van der Waals surface area contributed by atoms with Gasteiger partial charge in [0.15, 0.2) is 0 Å². The number of carbonyl (C=O) groups excluding carboxylic acids is 6. The maximum atomic E-state index is 13.4. The SMILES string of the molecule is CC(C)(C)OC(=O)CN1CCN(CC(=O)OC(C)(C)C)CCN(CC(O)CN(CC(O)CN2CCN(CC(=O)OC(C)(C)C)CCN(CC(=O)OC(C)(C)C)CCN(CC(=O)OC(C)(C)C)CC2)C[C@H](O)[C@@H](O)[C@H](O)[C@H](O)CO)CCN(CC(=O)OC(C)(C)C)CC1. The molecule has 0 aromatic carbocycles. The second-order valence-electron chi connectivity index (χ2n) is 30.6. The Hall–Kier alpha value is -3.82. The molecule has 2 heterocycles. The first-order valence-electron chi connectivity index (χ1n) is 32.6. The first-order chi connectivity index (χ1) is 42.1. The van der Waals surface area contributed by atoms with Crippen LogP contribution in [0.5, 0.6) is 0 Å². The zero-order valence-corrected chi connectivity index (χ0v) is 59.3. The predicted molar refractivity (Wildman–Crippen MR) is 346 cm³/mol. The molecule has 538 valence electrons. The lowest BCUT2D eigenvalue weighted by Crippen LogP contribution is -2.54. The van der Waals surface area contributed by atoms with Crippen molar-refractivity contribution < 1.29 is 92.9 Å². The van der Waals surface area contributed by atoms with Crippen LogP contribution in [0, 0.1) is 0 Å². The van der Waals surface area contributed by atoms with Gasteiger partial charge in [-0.15, -0.1) is 0 Å². The normalized spacial score (nSPS) is 20.0. The molecular weight excluding hydrogens is 1200 g/mol. The van der Waals surface area contributed by atoms with E-state index in [0.29, 0.717) is 78.5 Å². The Morgan fingerprint density at radius 3 is 0.652 bits per heavy atom. The summed E-state index contributed by atoms with van der Waals surface area (Å²) in [7, 11) is 0. The fourth-order valence-corrected chi connectivity index (χ4v) is 10.3. The molecule has 0 amide bonds. The van der Waals surface area contributed by atoms with E-state index in [2.05, 4.69) is 0 Å². The zero-order valence-electron chi connectivity index (χ0n) is 59.3. The quantitative estimate of drug-likeness (QED) is 0.0401. The third kappa shape index (κ3) is 40.5. The van der Waals surface area contributed by atoms with Gasteiger partial charge in [0.05, 0.1) is 64.2 Å². The zero-order chi connectivity index (χ0) is 70.2. The molecule has 7 N–H and O–H groups in total. The minimum Gasteiger partial charge on any atom is -0.459 e. The molecule has 0 saturated carbocycles. The van der Waals surface area contributed by atoms with Gasteiger partial charge in [-0.05, 0) is 125 Å². The molecule has 0 aromatic heterocycles. The highest BCUT2D eigenvalue weighted by Gasteiger charge is 2.34. The molecule has 2 unspecified atom stereocenters. The van der Waals surface area contributed by atoms with Gasteiger partial charge in [-0.2, -0.15) is 0 Å². The van der Waals surface area contributed by atoms with Gasteiger partial charge in [-0.25, -0.2) is 0 Å². The van der Waals surface area contributed by atoms with Crippen molar-refractivity contribution in [2.24, 2.45) is 0 Å². The van der Waals surface area contributed by atoms with E-state index < -0.39 is 119 Å². The van der Waals surface area contributed by atoms with E-state index in [-0.39, 0.29) is 91.6 Å². The topological polar surface area (TPSA) is 329 Å². The van der Waals surface area contributed by atoms with Crippen molar-refractivity contribution >= 4 is 35.8 Å². The molecule has 0 aromatic rings. The van der Waals surface area contributed by atoms with Gasteiger partial charge >= 0.3 is 35.8 Å². The van der Waals surface area contributed by atoms with E-state index in [9.17, 15) is 64.5 Å². The van der Waals surface area contributed by atoms with Crippen LogP contribution >= 0.6 is 0 Å². The van der Waals surface area contributed by atoms with Gasteiger partial charge in [-0.3, -0.25) is 72.9 Å². The second-order valence-corrected chi connectivity index (χ2v) is 30.6. The highest BCUT2D eigenvalue weighted by Crippen LogP contribution is 2.17. The predicted octanol–water partition coefficient (Wildman–Crippen LogP) is -1.06. The van der Waals surface area contributed by atoms with Gasteiger partial charge < -0.3 is 64.2 Å². The van der Waals surface area contributed by atoms with Crippen LogP contribution < -0.4 is 0 Å². The van der Waals surface area contributed by atoms with Gasteiger partial charge in [-0.1, -0.05) is 0 Å². The third-order valence-corrected chi connectivity index (χ3v) is 14.1. The van der Waals surface area contributed by atoms with E-state index in [1.54, 1.807) is 125 Å². The van der Waals surface area contributed by atoms with Crippen molar-refractivity contribution in [2.75, 3.05) is 183 Å². The lowest BCUT2D eigenvalue weighted by molar-refractivity contribution is -0.158. The van der Waals surface area contributed by atoms with Crippen LogP contribution in [0.4, 0.5) is 0 Å². The number of rotatable bonds is 26. The summed E-state index contributed by atoms with van der Waals surface area (Å²) in [5.41, 5.74) is -4.54. The highest BCUT2D eigenvalue weighted by atomic mass is 16.6. The van der Waals surface area contributed by atoms with Gasteiger partial charge in [0.25, 0.3) is 0 Å². The average molecular weight is 1320 g/mol. The van der Waals surface area contributed by atoms with Crippen molar-refractivity contribution in [2.45, 2.75) is 195 Å². The van der Waals surface area contributed by atoms with Gasteiger partial charge in [0.2, 0.25) is 0 Å². The molecule has 2 aliphatic rings. The van der Waals surface area contributed by atoms with Crippen molar-refractivity contribution in [3.63, 3.8) is 0 Å². The van der Waals surface area contributed by atoms with Crippen molar-refractivity contribution in [3.8, 4) is 0 Å². The number of carbonyl (C=O) groups is 6. The molecule has 0 bridgehead atoms. The van der Waals surface area contributed by atoms with E-state index in [1.807, 2.05) is 39.2 Å².